The number of aliphatic hydroxyl groups excluding tert-OH is 1. The van der Waals surface area contributed by atoms with Crippen molar-refractivity contribution in [2.45, 2.75) is 19.1 Å². The Morgan fingerprint density at radius 2 is 1.67 bits per heavy atom. The molecule has 1 aliphatic heterocycles. The highest BCUT2D eigenvalue weighted by Gasteiger charge is 2.48. The fourth-order valence-electron chi connectivity index (χ4n) is 4.26. The molecule has 1 unspecified atom stereocenters. The molecule has 1 amide bonds. The maximum Gasteiger partial charge on any atom is 0.416 e. The third-order valence-corrected chi connectivity index (χ3v) is 6.04. The van der Waals surface area contributed by atoms with Crippen LogP contribution in [0.1, 0.15) is 28.3 Å². The summed E-state index contributed by atoms with van der Waals surface area (Å²) in [6, 6.07) is 14.4. The Morgan fingerprint density at radius 3 is 2.31 bits per heavy atom. The van der Waals surface area contributed by atoms with Crippen molar-refractivity contribution >= 4 is 23.1 Å². The van der Waals surface area contributed by atoms with E-state index in [4.69, 9.17) is 9.47 Å². The maximum absolute atomic E-state index is 13.4. The summed E-state index contributed by atoms with van der Waals surface area (Å²) < 4.78 is 50.8. The summed E-state index contributed by atoms with van der Waals surface area (Å²) in [5.74, 6) is -1.99. The topological polar surface area (TPSA) is 76.1 Å². The number of Topliss-reactive ketones (excluding diaryl/α,β-unsaturated/α-hetero) is 1. The van der Waals surface area contributed by atoms with Crippen molar-refractivity contribution in [2.75, 3.05) is 19.1 Å². The van der Waals surface area contributed by atoms with Gasteiger partial charge in [-0.05, 0) is 48.4 Å². The van der Waals surface area contributed by atoms with Crippen LogP contribution in [0.25, 0.3) is 5.76 Å². The molecule has 0 aromatic heterocycles. The second-order valence-electron chi connectivity index (χ2n) is 8.14. The average molecular weight is 497 g/mol. The van der Waals surface area contributed by atoms with Crippen LogP contribution in [0.3, 0.4) is 0 Å². The second-order valence-corrected chi connectivity index (χ2v) is 8.14. The van der Waals surface area contributed by atoms with Crippen LogP contribution in [0.15, 0.2) is 72.3 Å². The van der Waals surface area contributed by atoms with Gasteiger partial charge >= 0.3 is 6.18 Å². The molecular weight excluding hydrogens is 475 g/mol. The van der Waals surface area contributed by atoms with Crippen molar-refractivity contribution in [3.05, 3.63) is 94.6 Å². The van der Waals surface area contributed by atoms with Gasteiger partial charge in [0, 0.05) is 11.8 Å². The Kier molecular flexibility index (Phi) is 6.49. The Bertz CT molecular complexity index is 1380. The highest BCUT2D eigenvalue weighted by Crippen LogP contribution is 2.45. The number of nitrogens with zero attached hydrogens (tertiary/aromatic N) is 1. The Morgan fingerprint density at radius 1 is 0.944 bits per heavy atom. The zero-order valence-corrected chi connectivity index (χ0v) is 19.6. The molecule has 1 heterocycles. The quantitative estimate of drug-likeness (QED) is 0.280. The SMILES string of the molecule is COc1ccc(/C(O)=C2\C(=O)C(=O)N(c3cccc(C(F)(F)F)c3)C2c2ccccc2C)c(OC)c1. The number of carbonyl (C=O) groups excluding carboxylic acids is 2. The summed E-state index contributed by atoms with van der Waals surface area (Å²) >= 11 is 0. The third-order valence-electron chi connectivity index (χ3n) is 6.04. The minimum atomic E-state index is -4.65. The van der Waals surface area contributed by atoms with Gasteiger partial charge in [-0.3, -0.25) is 14.5 Å². The van der Waals surface area contributed by atoms with Gasteiger partial charge in [0.05, 0.1) is 37.0 Å². The lowest BCUT2D eigenvalue weighted by Crippen LogP contribution is -2.30. The summed E-state index contributed by atoms with van der Waals surface area (Å²) in [5.41, 5.74) is -0.0885. The number of rotatable bonds is 5. The number of amides is 1. The van der Waals surface area contributed by atoms with Gasteiger partial charge in [0.25, 0.3) is 11.7 Å². The van der Waals surface area contributed by atoms with Gasteiger partial charge in [0.2, 0.25) is 0 Å². The van der Waals surface area contributed by atoms with Crippen molar-refractivity contribution in [1.82, 2.24) is 0 Å². The number of ketones is 1. The highest BCUT2D eigenvalue weighted by molar-refractivity contribution is 6.51. The van der Waals surface area contributed by atoms with E-state index in [1.165, 1.54) is 38.5 Å². The van der Waals surface area contributed by atoms with Gasteiger partial charge in [-0.2, -0.15) is 13.2 Å². The lowest BCUT2D eigenvalue weighted by molar-refractivity contribution is -0.137. The third kappa shape index (κ3) is 4.28. The first-order chi connectivity index (χ1) is 17.1. The van der Waals surface area contributed by atoms with Crippen LogP contribution >= 0.6 is 0 Å². The molecule has 1 N–H and O–H groups in total. The van der Waals surface area contributed by atoms with E-state index in [1.54, 1.807) is 37.3 Å². The van der Waals surface area contributed by atoms with Crippen molar-refractivity contribution in [1.29, 1.82) is 0 Å². The fourth-order valence-corrected chi connectivity index (χ4v) is 4.26. The first-order valence-corrected chi connectivity index (χ1v) is 10.8. The Balaban J connectivity index is 1.99. The zero-order valence-electron chi connectivity index (χ0n) is 19.6. The van der Waals surface area contributed by atoms with Gasteiger partial charge in [0.1, 0.15) is 17.3 Å². The Hall–Kier alpha value is -4.27. The molecule has 0 radical (unpaired) electrons. The molecule has 4 rings (SSSR count). The van der Waals surface area contributed by atoms with Crippen molar-refractivity contribution in [2.24, 2.45) is 0 Å². The van der Waals surface area contributed by atoms with Gasteiger partial charge < -0.3 is 14.6 Å². The minimum absolute atomic E-state index is 0.124. The molecule has 1 saturated heterocycles. The van der Waals surface area contributed by atoms with E-state index < -0.39 is 35.2 Å². The maximum atomic E-state index is 13.4. The number of hydrogen-bond acceptors (Lipinski definition) is 5. The van der Waals surface area contributed by atoms with E-state index in [0.717, 1.165) is 17.0 Å². The summed E-state index contributed by atoms with van der Waals surface area (Å²) in [6.45, 7) is 1.75. The molecule has 3 aromatic rings. The summed E-state index contributed by atoms with van der Waals surface area (Å²) in [6.07, 6.45) is -4.65. The number of alkyl halides is 3. The Labute approximate surface area is 205 Å². The number of ether oxygens (including phenoxy) is 2. The molecule has 9 heteroatoms. The minimum Gasteiger partial charge on any atom is -0.507 e. The molecule has 1 fully saturated rings. The first kappa shape index (κ1) is 24.8. The van der Waals surface area contributed by atoms with E-state index in [2.05, 4.69) is 0 Å². The van der Waals surface area contributed by atoms with Gasteiger partial charge in [0.15, 0.2) is 0 Å². The molecule has 0 aliphatic carbocycles. The molecule has 1 aliphatic rings. The molecule has 3 aromatic carbocycles. The molecular formula is C27H22F3NO5. The highest BCUT2D eigenvalue weighted by atomic mass is 19.4. The van der Waals surface area contributed by atoms with Crippen LogP contribution in [0.2, 0.25) is 0 Å². The lowest BCUT2D eigenvalue weighted by atomic mass is 9.92. The normalized spacial score (nSPS) is 17.4. The number of halogens is 3. The fraction of sp³-hybridized carbons (Fsp3) is 0.185. The number of aryl methyl sites for hydroxylation is 1. The van der Waals surface area contributed by atoms with E-state index in [1.807, 2.05) is 0 Å². The van der Waals surface area contributed by atoms with Crippen LogP contribution in [-0.2, 0) is 15.8 Å². The number of carbonyl (C=O) groups is 2. The standard InChI is InChI=1S/C27H22F3NO5/c1-15-7-4-5-10-19(15)23-22(24(32)20-12-11-18(35-2)14-21(20)36-3)25(33)26(34)31(23)17-9-6-8-16(13-17)27(28,29)30/h4-14,23,32H,1-3H3/b24-22+. The monoisotopic (exact) mass is 497 g/mol. The van der Waals surface area contributed by atoms with E-state index in [-0.39, 0.29) is 22.6 Å². The molecule has 0 bridgehead atoms. The predicted molar refractivity (Wildman–Crippen MR) is 127 cm³/mol. The van der Waals surface area contributed by atoms with Crippen LogP contribution in [-0.4, -0.2) is 31.0 Å². The molecule has 36 heavy (non-hydrogen) atoms. The molecule has 186 valence electrons. The molecule has 0 spiro atoms. The van der Waals surface area contributed by atoms with Crippen molar-refractivity contribution in [3.8, 4) is 11.5 Å². The lowest BCUT2D eigenvalue weighted by Gasteiger charge is -2.27. The average Bonchev–Trinajstić information content (AvgIpc) is 3.13. The van der Waals surface area contributed by atoms with Crippen LogP contribution in [0.4, 0.5) is 18.9 Å². The smallest absolute Gasteiger partial charge is 0.416 e. The van der Waals surface area contributed by atoms with Gasteiger partial charge in [-0.25, -0.2) is 0 Å². The first-order valence-electron chi connectivity index (χ1n) is 10.8. The van der Waals surface area contributed by atoms with Crippen LogP contribution in [0.5, 0.6) is 11.5 Å². The number of benzene rings is 3. The number of methoxy groups -OCH3 is 2. The zero-order chi connectivity index (χ0) is 26.2. The van der Waals surface area contributed by atoms with E-state index >= 15 is 0 Å². The summed E-state index contributed by atoms with van der Waals surface area (Å²) in [4.78, 5) is 27.6. The van der Waals surface area contributed by atoms with Gasteiger partial charge in [-0.1, -0.05) is 30.3 Å². The van der Waals surface area contributed by atoms with E-state index in [0.29, 0.717) is 16.9 Å². The van der Waals surface area contributed by atoms with Crippen LogP contribution < -0.4 is 14.4 Å². The van der Waals surface area contributed by atoms with Crippen molar-refractivity contribution in [3.63, 3.8) is 0 Å². The van der Waals surface area contributed by atoms with Crippen LogP contribution in [0, 0.1) is 6.92 Å². The molecule has 1 atom stereocenters. The van der Waals surface area contributed by atoms with Crippen molar-refractivity contribution < 1.29 is 37.3 Å². The number of hydrogen-bond donors (Lipinski definition) is 1. The largest absolute Gasteiger partial charge is 0.507 e. The number of aliphatic hydroxyl groups is 1. The molecule has 0 saturated carbocycles. The van der Waals surface area contributed by atoms with E-state index in [9.17, 15) is 27.9 Å². The summed E-state index contributed by atoms with van der Waals surface area (Å²) in [5, 5.41) is 11.3. The summed E-state index contributed by atoms with van der Waals surface area (Å²) in [7, 11) is 2.82. The molecule has 6 nitrogen and oxygen atoms in total. The van der Waals surface area contributed by atoms with Gasteiger partial charge in [-0.15, -0.1) is 0 Å². The number of anilines is 1. The predicted octanol–water partition coefficient (Wildman–Crippen LogP) is 5.66. The second kappa shape index (κ2) is 9.41.